The summed E-state index contributed by atoms with van der Waals surface area (Å²) < 4.78 is 1.62. The molecule has 0 fully saturated rings. The van der Waals surface area contributed by atoms with E-state index < -0.39 is 0 Å². The number of aromatic nitrogens is 5. The van der Waals surface area contributed by atoms with E-state index in [1.54, 1.807) is 17.1 Å². The molecule has 1 N–H and O–H groups in total. The Morgan fingerprint density at radius 3 is 2.73 bits per heavy atom. The van der Waals surface area contributed by atoms with Crippen molar-refractivity contribution in [3.63, 3.8) is 0 Å². The Morgan fingerprint density at radius 2 is 1.87 bits per heavy atom. The van der Waals surface area contributed by atoms with Gasteiger partial charge in [-0.15, -0.1) is 0 Å². The molecule has 1 aromatic carbocycles. The van der Waals surface area contributed by atoms with E-state index in [1.165, 1.54) is 5.56 Å². The van der Waals surface area contributed by atoms with Crippen LogP contribution in [0.4, 0.5) is 0 Å². The van der Waals surface area contributed by atoms with Crippen LogP contribution in [0.2, 0.25) is 0 Å². The quantitative estimate of drug-likeness (QED) is 0.573. The highest BCUT2D eigenvalue weighted by Gasteiger charge is 2.21. The molecule has 0 radical (unpaired) electrons. The summed E-state index contributed by atoms with van der Waals surface area (Å²) in [4.78, 5) is 26.2. The van der Waals surface area contributed by atoms with Crippen LogP contribution in [0.15, 0.2) is 61.1 Å². The maximum atomic E-state index is 12.6. The van der Waals surface area contributed by atoms with E-state index in [2.05, 4.69) is 38.6 Å². The molecule has 1 aliphatic carbocycles. The summed E-state index contributed by atoms with van der Waals surface area (Å²) in [6.45, 7) is 2.20. The zero-order valence-corrected chi connectivity index (χ0v) is 16.5. The number of benzene rings is 1. The predicted octanol–water partition coefficient (Wildman–Crippen LogP) is 3.06. The molecule has 3 heterocycles. The van der Waals surface area contributed by atoms with Crippen molar-refractivity contribution in [1.82, 2.24) is 30.0 Å². The van der Waals surface area contributed by atoms with Gasteiger partial charge in [0.2, 0.25) is 0 Å². The van der Waals surface area contributed by atoms with Crippen molar-refractivity contribution in [2.24, 2.45) is 0 Å². The first-order valence-electron chi connectivity index (χ1n) is 9.88. The summed E-state index contributed by atoms with van der Waals surface area (Å²) in [6, 6.07) is 13.9. The summed E-state index contributed by atoms with van der Waals surface area (Å²) in [5, 5.41) is 7.27. The highest BCUT2D eigenvalue weighted by molar-refractivity contribution is 5.95. The van der Waals surface area contributed by atoms with Gasteiger partial charge in [0, 0.05) is 18.0 Å². The van der Waals surface area contributed by atoms with E-state index in [0.717, 1.165) is 35.4 Å². The second-order valence-corrected chi connectivity index (χ2v) is 7.26. The lowest BCUT2D eigenvalue weighted by Crippen LogP contribution is -2.23. The molecule has 0 unspecified atom stereocenters. The van der Waals surface area contributed by atoms with Crippen LogP contribution in [0.25, 0.3) is 17.2 Å². The van der Waals surface area contributed by atoms with Crippen LogP contribution in [-0.4, -0.2) is 30.6 Å². The average molecular weight is 396 g/mol. The van der Waals surface area contributed by atoms with Gasteiger partial charge in [-0.3, -0.25) is 9.78 Å². The monoisotopic (exact) mass is 396 g/mol. The van der Waals surface area contributed by atoms with Gasteiger partial charge in [-0.1, -0.05) is 30.3 Å². The summed E-state index contributed by atoms with van der Waals surface area (Å²) >= 11 is 0. The number of amides is 1. The Kier molecular flexibility index (Phi) is 4.55. The molecule has 0 saturated carbocycles. The van der Waals surface area contributed by atoms with Crippen molar-refractivity contribution < 1.29 is 4.79 Å². The van der Waals surface area contributed by atoms with Gasteiger partial charge < -0.3 is 5.32 Å². The average Bonchev–Trinajstić information content (AvgIpc) is 3.19. The van der Waals surface area contributed by atoms with Gasteiger partial charge in [0.05, 0.1) is 35.4 Å². The van der Waals surface area contributed by atoms with Crippen LogP contribution in [0.1, 0.15) is 32.9 Å². The van der Waals surface area contributed by atoms with Crippen LogP contribution >= 0.6 is 0 Å². The van der Waals surface area contributed by atoms with Gasteiger partial charge in [-0.05, 0) is 43.0 Å². The van der Waals surface area contributed by atoms with Crippen molar-refractivity contribution in [1.29, 1.82) is 0 Å². The van der Waals surface area contributed by atoms with E-state index >= 15 is 0 Å². The summed E-state index contributed by atoms with van der Waals surface area (Å²) in [7, 11) is 0. The van der Waals surface area contributed by atoms with E-state index in [1.807, 2.05) is 37.4 Å². The molecule has 5 rings (SSSR count). The summed E-state index contributed by atoms with van der Waals surface area (Å²) in [5.74, 6) is 0.263. The van der Waals surface area contributed by atoms with Crippen molar-refractivity contribution in [2.75, 3.05) is 0 Å². The second kappa shape index (κ2) is 7.51. The zero-order valence-electron chi connectivity index (χ0n) is 16.5. The Morgan fingerprint density at radius 1 is 1.03 bits per heavy atom. The normalized spacial score (nSPS) is 12.2. The standard InChI is InChI=1S/C23H20N6O/c1-15-20(22(30)25-13-18-7-4-5-11-24-18)14-27-29(15)23-26-12-17-10-9-16-6-2-3-8-19(16)21(17)28-23/h2-8,11-12,14H,9-10,13H2,1H3,(H,25,30). The lowest BCUT2D eigenvalue weighted by Gasteiger charge is -2.18. The van der Waals surface area contributed by atoms with Gasteiger partial charge in [0.25, 0.3) is 11.9 Å². The smallest absolute Gasteiger partial charge is 0.255 e. The van der Waals surface area contributed by atoms with Gasteiger partial charge in [-0.2, -0.15) is 5.10 Å². The van der Waals surface area contributed by atoms with Crippen molar-refractivity contribution in [3.05, 3.63) is 89.1 Å². The minimum atomic E-state index is -0.201. The fourth-order valence-electron chi connectivity index (χ4n) is 3.76. The summed E-state index contributed by atoms with van der Waals surface area (Å²) in [6.07, 6.45) is 7.05. The number of hydrogen-bond donors (Lipinski definition) is 1. The number of nitrogens with one attached hydrogen (secondary N) is 1. The molecule has 148 valence electrons. The molecule has 1 aliphatic rings. The fourth-order valence-corrected chi connectivity index (χ4v) is 3.76. The Labute approximate surface area is 173 Å². The van der Waals surface area contributed by atoms with Crippen LogP contribution in [0.3, 0.4) is 0 Å². The molecule has 0 bridgehead atoms. The third-order valence-electron chi connectivity index (χ3n) is 5.39. The zero-order chi connectivity index (χ0) is 20.5. The molecule has 0 aliphatic heterocycles. The first kappa shape index (κ1) is 18.2. The number of pyridine rings is 1. The number of hydrogen-bond acceptors (Lipinski definition) is 5. The molecule has 7 heteroatoms. The topological polar surface area (TPSA) is 85.6 Å². The molecular formula is C23H20N6O. The van der Waals surface area contributed by atoms with E-state index in [9.17, 15) is 4.79 Å². The number of carbonyl (C=O) groups is 1. The molecule has 30 heavy (non-hydrogen) atoms. The fraction of sp³-hybridized carbons (Fsp3) is 0.174. The number of fused-ring (bicyclic) bond motifs is 3. The molecule has 1 amide bonds. The molecule has 0 spiro atoms. The van der Waals surface area contributed by atoms with E-state index in [4.69, 9.17) is 4.98 Å². The lowest BCUT2D eigenvalue weighted by molar-refractivity contribution is 0.0950. The number of aryl methyl sites for hydroxylation is 2. The number of carbonyl (C=O) groups excluding carboxylic acids is 1. The third kappa shape index (κ3) is 3.24. The van der Waals surface area contributed by atoms with Crippen molar-refractivity contribution >= 4 is 5.91 Å². The largest absolute Gasteiger partial charge is 0.346 e. The van der Waals surface area contributed by atoms with E-state index in [0.29, 0.717) is 23.8 Å². The third-order valence-corrected chi connectivity index (χ3v) is 5.39. The van der Waals surface area contributed by atoms with Crippen LogP contribution in [-0.2, 0) is 19.4 Å². The van der Waals surface area contributed by atoms with Crippen molar-refractivity contribution in [3.8, 4) is 17.2 Å². The lowest BCUT2D eigenvalue weighted by atomic mass is 9.90. The minimum absolute atomic E-state index is 0.201. The molecule has 3 aromatic heterocycles. The van der Waals surface area contributed by atoms with Crippen LogP contribution in [0, 0.1) is 6.92 Å². The Hall–Kier alpha value is -3.87. The Balaban J connectivity index is 1.43. The van der Waals surface area contributed by atoms with E-state index in [-0.39, 0.29) is 5.91 Å². The molecule has 4 aromatic rings. The first-order chi connectivity index (χ1) is 14.7. The minimum Gasteiger partial charge on any atom is -0.346 e. The molecular weight excluding hydrogens is 376 g/mol. The number of nitrogens with zero attached hydrogens (tertiary/aromatic N) is 5. The molecule has 0 atom stereocenters. The maximum absolute atomic E-state index is 12.6. The van der Waals surface area contributed by atoms with Crippen LogP contribution in [0.5, 0.6) is 0 Å². The van der Waals surface area contributed by atoms with Gasteiger partial charge in [0.15, 0.2) is 0 Å². The van der Waals surface area contributed by atoms with Gasteiger partial charge in [0.1, 0.15) is 0 Å². The van der Waals surface area contributed by atoms with Crippen molar-refractivity contribution in [2.45, 2.75) is 26.3 Å². The first-order valence-corrected chi connectivity index (χ1v) is 9.88. The highest BCUT2D eigenvalue weighted by atomic mass is 16.1. The SMILES string of the molecule is Cc1c(C(=O)NCc2ccccn2)cnn1-c1ncc2c(n1)-c1ccccc1CC2. The summed E-state index contributed by atoms with van der Waals surface area (Å²) in [5.41, 5.74) is 6.49. The maximum Gasteiger partial charge on any atom is 0.255 e. The predicted molar refractivity (Wildman–Crippen MR) is 112 cm³/mol. The van der Waals surface area contributed by atoms with Gasteiger partial charge >= 0.3 is 0 Å². The van der Waals surface area contributed by atoms with Gasteiger partial charge in [-0.25, -0.2) is 14.6 Å². The molecule has 0 saturated heterocycles. The Bertz CT molecular complexity index is 1230. The highest BCUT2D eigenvalue weighted by Crippen LogP contribution is 2.31. The number of rotatable bonds is 4. The molecule has 7 nitrogen and oxygen atoms in total. The van der Waals surface area contributed by atoms with Crippen LogP contribution < -0.4 is 5.32 Å². The second-order valence-electron chi connectivity index (χ2n) is 7.26.